The van der Waals surface area contributed by atoms with Crippen LogP contribution in [-0.4, -0.2) is 47.1 Å². The van der Waals surface area contributed by atoms with Gasteiger partial charge in [0, 0.05) is 42.8 Å². The highest BCUT2D eigenvalue weighted by Crippen LogP contribution is 2.36. The van der Waals surface area contributed by atoms with Gasteiger partial charge in [-0.1, -0.05) is 85.8 Å². The number of fused-ring (bicyclic) bond motifs is 1. The third kappa shape index (κ3) is 4.69. The van der Waals surface area contributed by atoms with E-state index in [2.05, 4.69) is 114 Å². The maximum atomic E-state index is 11.3. The van der Waals surface area contributed by atoms with Crippen molar-refractivity contribution in [2.24, 2.45) is 5.92 Å². The number of thiophene rings is 1. The van der Waals surface area contributed by atoms with E-state index in [1.165, 1.54) is 21.2 Å². The topological polar surface area (TPSA) is 26.7 Å². The SMILES string of the molecule is CC(C(O)c1csc2ccccc12)C(C)N1CCN(C(c2ccccc2)c2ccccc2)CC1. The number of hydrogen-bond donors (Lipinski definition) is 1. The summed E-state index contributed by atoms with van der Waals surface area (Å²) < 4.78 is 1.25. The fourth-order valence-electron chi connectivity index (χ4n) is 5.39. The molecule has 0 saturated carbocycles. The van der Waals surface area contributed by atoms with Crippen molar-refractivity contribution in [1.29, 1.82) is 0 Å². The van der Waals surface area contributed by atoms with Crippen LogP contribution in [0.4, 0.5) is 0 Å². The highest BCUT2D eigenvalue weighted by Gasteiger charge is 2.32. The molecule has 1 aliphatic heterocycles. The zero-order valence-corrected chi connectivity index (χ0v) is 20.9. The lowest BCUT2D eigenvalue weighted by atomic mass is 9.90. The van der Waals surface area contributed by atoms with Gasteiger partial charge in [-0.3, -0.25) is 9.80 Å². The molecule has 3 aromatic carbocycles. The molecule has 1 saturated heterocycles. The predicted molar refractivity (Wildman–Crippen MR) is 143 cm³/mol. The molecule has 0 bridgehead atoms. The van der Waals surface area contributed by atoms with Gasteiger partial charge in [0.1, 0.15) is 0 Å². The lowest BCUT2D eigenvalue weighted by molar-refractivity contribution is 0.0215. The van der Waals surface area contributed by atoms with E-state index < -0.39 is 6.10 Å². The minimum absolute atomic E-state index is 0.156. The van der Waals surface area contributed by atoms with Crippen molar-refractivity contribution in [3.8, 4) is 0 Å². The Kier molecular flexibility index (Phi) is 7.12. The zero-order chi connectivity index (χ0) is 23.5. The molecule has 3 atom stereocenters. The Morgan fingerprint density at radius 1 is 0.706 bits per heavy atom. The molecule has 1 aliphatic rings. The summed E-state index contributed by atoms with van der Waals surface area (Å²) in [7, 11) is 0. The standard InChI is InChI=1S/C30H34N2OS/c1-22(30(33)27-21-34-28-16-10-9-15-26(27)28)23(2)31-17-19-32(20-18-31)29(24-11-5-3-6-12-24)25-13-7-4-8-14-25/h3-16,21-23,29-30,33H,17-20H2,1-2H3. The van der Waals surface area contributed by atoms with Crippen molar-refractivity contribution < 1.29 is 5.11 Å². The molecule has 0 aliphatic carbocycles. The summed E-state index contributed by atoms with van der Waals surface area (Å²) in [6, 6.07) is 30.7. The Balaban J connectivity index is 1.28. The van der Waals surface area contributed by atoms with E-state index >= 15 is 0 Å². The summed E-state index contributed by atoms with van der Waals surface area (Å²) in [6.45, 7) is 8.54. The number of rotatable bonds is 7. The van der Waals surface area contributed by atoms with Gasteiger partial charge in [-0.2, -0.15) is 0 Å². The summed E-state index contributed by atoms with van der Waals surface area (Å²) >= 11 is 1.73. The van der Waals surface area contributed by atoms with Gasteiger partial charge >= 0.3 is 0 Å². The summed E-state index contributed by atoms with van der Waals surface area (Å²) in [4.78, 5) is 5.17. The van der Waals surface area contributed by atoms with Gasteiger partial charge in [0.25, 0.3) is 0 Å². The fraction of sp³-hybridized carbons (Fsp3) is 0.333. The van der Waals surface area contributed by atoms with Crippen molar-refractivity contribution in [2.75, 3.05) is 26.2 Å². The maximum absolute atomic E-state index is 11.3. The van der Waals surface area contributed by atoms with Crippen molar-refractivity contribution in [3.63, 3.8) is 0 Å². The molecular weight excluding hydrogens is 436 g/mol. The number of aliphatic hydroxyl groups is 1. The van der Waals surface area contributed by atoms with Crippen LogP contribution in [-0.2, 0) is 0 Å². The average Bonchev–Trinajstić information content (AvgIpc) is 3.33. The van der Waals surface area contributed by atoms with E-state index in [9.17, 15) is 5.11 Å². The normalized spacial score (nSPS) is 18.2. The Labute approximate surface area is 207 Å². The highest BCUT2D eigenvalue weighted by molar-refractivity contribution is 7.17. The Bertz CT molecular complexity index is 1140. The number of piperazine rings is 1. The first-order valence-electron chi connectivity index (χ1n) is 12.4. The summed E-state index contributed by atoms with van der Waals surface area (Å²) in [5, 5.41) is 14.6. The fourth-order valence-corrected chi connectivity index (χ4v) is 6.38. The van der Waals surface area contributed by atoms with E-state index in [0.29, 0.717) is 6.04 Å². The van der Waals surface area contributed by atoms with Crippen LogP contribution in [0.1, 0.15) is 42.7 Å². The zero-order valence-electron chi connectivity index (χ0n) is 20.0. The molecule has 0 radical (unpaired) electrons. The minimum Gasteiger partial charge on any atom is -0.388 e. The molecule has 4 aromatic rings. The van der Waals surface area contributed by atoms with Crippen LogP contribution in [0.2, 0.25) is 0 Å². The number of nitrogens with zero attached hydrogens (tertiary/aromatic N) is 2. The molecule has 3 nitrogen and oxygen atoms in total. The van der Waals surface area contributed by atoms with E-state index in [-0.39, 0.29) is 12.0 Å². The van der Waals surface area contributed by atoms with Crippen LogP contribution in [0.5, 0.6) is 0 Å². The minimum atomic E-state index is -0.453. The van der Waals surface area contributed by atoms with Crippen LogP contribution >= 0.6 is 11.3 Å². The monoisotopic (exact) mass is 470 g/mol. The average molecular weight is 471 g/mol. The molecule has 1 fully saturated rings. The third-order valence-corrected chi connectivity index (χ3v) is 8.59. The van der Waals surface area contributed by atoms with Crippen molar-refractivity contribution in [3.05, 3.63) is 107 Å². The summed E-state index contributed by atoms with van der Waals surface area (Å²) in [5.41, 5.74) is 3.78. The van der Waals surface area contributed by atoms with Crippen LogP contribution in [0, 0.1) is 5.92 Å². The first-order valence-corrected chi connectivity index (χ1v) is 13.2. The third-order valence-electron chi connectivity index (χ3n) is 7.61. The van der Waals surface area contributed by atoms with Crippen molar-refractivity contribution >= 4 is 21.4 Å². The molecule has 4 heteroatoms. The van der Waals surface area contributed by atoms with Gasteiger partial charge in [0.05, 0.1) is 12.1 Å². The second-order valence-corrected chi connectivity index (χ2v) is 10.4. The van der Waals surface area contributed by atoms with E-state index in [0.717, 1.165) is 31.7 Å². The maximum Gasteiger partial charge on any atom is 0.0844 e. The van der Waals surface area contributed by atoms with Gasteiger partial charge < -0.3 is 5.11 Å². The first kappa shape index (κ1) is 23.3. The molecule has 34 heavy (non-hydrogen) atoms. The van der Waals surface area contributed by atoms with Crippen molar-refractivity contribution in [1.82, 2.24) is 9.80 Å². The van der Waals surface area contributed by atoms with Gasteiger partial charge in [-0.05, 0) is 40.4 Å². The van der Waals surface area contributed by atoms with Crippen LogP contribution < -0.4 is 0 Å². The van der Waals surface area contributed by atoms with Crippen LogP contribution in [0.15, 0.2) is 90.3 Å². The van der Waals surface area contributed by atoms with E-state index in [1.807, 2.05) is 0 Å². The largest absolute Gasteiger partial charge is 0.388 e. The van der Waals surface area contributed by atoms with Crippen LogP contribution in [0.3, 0.4) is 0 Å². The van der Waals surface area contributed by atoms with Gasteiger partial charge in [-0.25, -0.2) is 0 Å². The quantitative estimate of drug-likeness (QED) is 0.340. The van der Waals surface area contributed by atoms with E-state index in [1.54, 1.807) is 11.3 Å². The second-order valence-electron chi connectivity index (χ2n) is 9.53. The van der Waals surface area contributed by atoms with Gasteiger partial charge in [0.2, 0.25) is 0 Å². The van der Waals surface area contributed by atoms with Crippen molar-refractivity contribution in [2.45, 2.75) is 32.0 Å². The molecule has 3 unspecified atom stereocenters. The Hall–Kier alpha value is -2.50. The van der Waals surface area contributed by atoms with Gasteiger partial charge in [0.15, 0.2) is 0 Å². The Morgan fingerprint density at radius 3 is 1.85 bits per heavy atom. The van der Waals surface area contributed by atoms with Gasteiger partial charge in [-0.15, -0.1) is 11.3 Å². The Morgan fingerprint density at radius 2 is 1.24 bits per heavy atom. The molecule has 0 amide bonds. The summed E-state index contributed by atoms with van der Waals surface area (Å²) in [5.74, 6) is 0.156. The molecule has 5 rings (SSSR count). The molecular formula is C30H34N2OS. The lowest BCUT2D eigenvalue weighted by Gasteiger charge is -2.43. The summed E-state index contributed by atoms with van der Waals surface area (Å²) in [6.07, 6.45) is -0.453. The van der Waals surface area contributed by atoms with E-state index in [4.69, 9.17) is 0 Å². The molecule has 176 valence electrons. The molecule has 1 aromatic heterocycles. The highest BCUT2D eigenvalue weighted by atomic mass is 32.1. The smallest absolute Gasteiger partial charge is 0.0844 e. The number of hydrogen-bond acceptors (Lipinski definition) is 4. The number of benzene rings is 3. The first-order chi connectivity index (χ1) is 16.6. The van der Waals surface area contributed by atoms with Crippen LogP contribution in [0.25, 0.3) is 10.1 Å². The predicted octanol–water partition coefficient (Wildman–Crippen LogP) is 6.37. The molecule has 1 N–H and O–H groups in total. The molecule has 0 spiro atoms. The molecule has 2 heterocycles. The lowest BCUT2D eigenvalue weighted by Crippen LogP contribution is -2.52. The second kappa shape index (κ2) is 10.4. The number of aliphatic hydroxyl groups excluding tert-OH is 1.